The molecule has 0 aromatic carbocycles. The Labute approximate surface area is 115 Å². The topological polar surface area (TPSA) is 71.2 Å². The Kier molecular flexibility index (Phi) is 5.76. The van der Waals surface area contributed by atoms with Crippen LogP contribution in [-0.4, -0.2) is 28.9 Å². The van der Waals surface area contributed by atoms with Crippen LogP contribution in [0.3, 0.4) is 0 Å². The van der Waals surface area contributed by atoms with Crippen LogP contribution in [0.25, 0.3) is 0 Å². The maximum Gasteiger partial charge on any atom is 0.254 e. The molecule has 5 nitrogen and oxygen atoms in total. The molecule has 0 fully saturated rings. The SMILES string of the molecule is CCCc1cc(C(=O)N(C)C(C)CC)cc(NN)n1. The Morgan fingerprint density at radius 1 is 1.47 bits per heavy atom. The Bertz CT molecular complexity index is 433. The van der Waals surface area contributed by atoms with Crippen molar-refractivity contribution in [3.8, 4) is 0 Å². The zero-order chi connectivity index (χ0) is 14.4. The fourth-order valence-corrected chi connectivity index (χ4v) is 1.85. The molecular weight excluding hydrogens is 240 g/mol. The van der Waals surface area contributed by atoms with E-state index in [2.05, 4.69) is 24.3 Å². The molecule has 0 aliphatic heterocycles. The standard InChI is InChI=1S/C14H24N4O/c1-5-7-12-8-11(9-13(16-12)17-15)14(19)18(4)10(3)6-2/h8-10H,5-7,15H2,1-4H3,(H,16,17). The van der Waals surface area contributed by atoms with Gasteiger partial charge in [-0.2, -0.15) is 0 Å². The van der Waals surface area contributed by atoms with Crippen molar-refractivity contribution in [2.45, 2.75) is 46.1 Å². The van der Waals surface area contributed by atoms with E-state index in [0.717, 1.165) is 25.0 Å². The van der Waals surface area contributed by atoms with E-state index in [1.165, 1.54) is 0 Å². The van der Waals surface area contributed by atoms with Crippen molar-refractivity contribution < 1.29 is 4.79 Å². The molecule has 5 heteroatoms. The van der Waals surface area contributed by atoms with Gasteiger partial charge in [-0.25, -0.2) is 10.8 Å². The summed E-state index contributed by atoms with van der Waals surface area (Å²) in [4.78, 5) is 18.5. The van der Waals surface area contributed by atoms with Gasteiger partial charge >= 0.3 is 0 Å². The minimum Gasteiger partial charge on any atom is -0.339 e. The highest BCUT2D eigenvalue weighted by Crippen LogP contribution is 2.15. The predicted octanol–water partition coefficient (Wildman–Crippen LogP) is 2.19. The highest BCUT2D eigenvalue weighted by Gasteiger charge is 2.17. The number of aromatic nitrogens is 1. The number of pyridine rings is 1. The second kappa shape index (κ2) is 7.09. The van der Waals surface area contributed by atoms with E-state index in [4.69, 9.17) is 5.84 Å². The number of hydrogen-bond donors (Lipinski definition) is 2. The number of hydrazine groups is 1. The van der Waals surface area contributed by atoms with Crippen LogP contribution in [0.1, 0.15) is 49.7 Å². The summed E-state index contributed by atoms with van der Waals surface area (Å²) in [5, 5.41) is 0. The Morgan fingerprint density at radius 2 is 2.16 bits per heavy atom. The highest BCUT2D eigenvalue weighted by molar-refractivity contribution is 5.95. The van der Waals surface area contributed by atoms with Gasteiger partial charge in [0.25, 0.3) is 5.91 Å². The summed E-state index contributed by atoms with van der Waals surface area (Å²) in [6.45, 7) is 6.18. The van der Waals surface area contributed by atoms with Crippen molar-refractivity contribution in [2.75, 3.05) is 12.5 Å². The first-order valence-electron chi connectivity index (χ1n) is 6.78. The average Bonchev–Trinajstić information content (AvgIpc) is 2.44. The van der Waals surface area contributed by atoms with Gasteiger partial charge in [-0.15, -0.1) is 0 Å². The largest absolute Gasteiger partial charge is 0.339 e. The predicted molar refractivity (Wildman–Crippen MR) is 77.9 cm³/mol. The molecule has 1 atom stereocenters. The zero-order valence-electron chi connectivity index (χ0n) is 12.2. The molecule has 1 amide bonds. The molecule has 1 aromatic heterocycles. The molecule has 3 N–H and O–H groups in total. The molecular formula is C14H24N4O. The van der Waals surface area contributed by atoms with Crippen LogP contribution in [0, 0.1) is 0 Å². The first-order valence-corrected chi connectivity index (χ1v) is 6.78. The number of rotatable bonds is 6. The molecule has 1 aromatic rings. The summed E-state index contributed by atoms with van der Waals surface area (Å²) < 4.78 is 0. The summed E-state index contributed by atoms with van der Waals surface area (Å²) in [5.74, 6) is 5.95. The van der Waals surface area contributed by atoms with Crippen molar-refractivity contribution in [2.24, 2.45) is 5.84 Å². The van der Waals surface area contributed by atoms with E-state index < -0.39 is 0 Å². The number of nitrogens with one attached hydrogen (secondary N) is 1. The number of carbonyl (C=O) groups excluding carboxylic acids is 1. The van der Waals surface area contributed by atoms with E-state index in [-0.39, 0.29) is 11.9 Å². The second-order valence-corrected chi connectivity index (χ2v) is 4.80. The smallest absolute Gasteiger partial charge is 0.254 e. The van der Waals surface area contributed by atoms with E-state index in [9.17, 15) is 4.79 Å². The lowest BCUT2D eigenvalue weighted by molar-refractivity contribution is 0.0740. The van der Waals surface area contributed by atoms with Crippen LogP contribution < -0.4 is 11.3 Å². The van der Waals surface area contributed by atoms with E-state index in [1.807, 2.05) is 20.0 Å². The van der Waals surface area contributed by atoms with E-state index in [0.29, 0.717) is 11.4 Å². The van der Waals surface area contributed by atoms with Gasteiger partial charge in [-0.3, -0.25) is 4.79 Å². The highest BCUT2D eigenvalue weighted by atomic mass is 16.2. The molecule has 0 saturated heterocycles. The third kappa shape index (κ3) is 3.92. The van der Waals surface area contributed by atoms with Crippen LogP contribution >= 0.6 is 0 Å². The number of anilines is 1. The van der Waals surface area contributed by atoms with Crippen LogP contribution in [0.2, 0.25) is 0 Å². The second-order valence-electron chi connectivity index (χ2n) is 4.80. The maximum absolute atomic E-state index is 12.4. The van der Waals surface area contributed by atoms with E-state index in [1.54, 1.807) is 11.0 Å². The third-order valence-electron chi connectivity index (χ3n) is 3.35. The van der Waals surface area contributed by atoms with Gasteiger partial charge < -0.3 is 10.3 Å². The summed E-state index contributed by atoms with van der Waals surface area (Å²) in [6, 6.07) is 3.76. The van der Waals surface area contributed by atoms with Gasteiger partial charge in [0.05, 0.1) is 0 Å². The molecule has 0 aliphatic carbocycles. The van der Waals surface area contributed by atoms with Crippen LogP contribution in [0.4, 0.5) is 5.82 Å². The minimum atomic E-state index is 0.00519. The fourth-order valence-electron chi connectivity index (χ4n) is 1.85. The number of nitrogens with zero attached hydrogens (tertiary/aromatic N) is 2. The molecule has 1 unspecified atom stereocenters. The van der Waals surface area contributed by atoms with E-state index >= 15 is 0 Å². The third-order valence-corrected chi connectivity index (χ3v) is 3.35. The zero-order valence-corrected chi connectivity index (χ0v) is 12.2. The molecule has 106 valence electrons. The summed E-state index contributed by atoms with van der Waals surface area (Å²) in [7, 11) is 1.83. The summed E-state index contributed by atoms with van der Waals surface area (Å²) in [5.41, 5.74) is 4.04. The van der Waals surface area contributed by atoms with Crippen LogP contribution in [-0.2, 0) is 6.42 Å². The monoisotopic (exact) mass is 264 g/mol. The Morgan fingerprint density at radius 3 is 2.68 bits per heavy atom. The van der Waals surface area contributed by atoms with Gasteiger partial charge in [-0.05, 0) is 31.9 Å². The Hall–Kier alpha value is -1.62. The van der Waals surface area contributed by atoms with Crippen molar-refractivity contribution in [1.82, 2.24) is 9.88 Å². The average molecular weight is 264 g/mol. The molecule has 1 heterocycles. The number of nitrogen functional groups attached to an aromatic ring is 1. The lowest BCUT2D eigenvalue weighted by atomic mass is 10.1. The number of nitrogens with two attached hydrogens (primary N) is 1. The first-order chi connectivity index (χ1) is 9.03. The fraction of sp³-hybridized carbons (Fsp3) is 0.571. The number of hydrogen-bond acceptors (Lipinski definition) is 4. The lowest BCUT2D eigenvalue weighted by Crippen LogP contribution is -2.34. The molecule has 0 spiro atoms. The quantitative estimate of drug-likeness (QED) is 0.610. The van der Waals surface area contributed by atoms with Crippen LogP contribution in [0.5, 0.6) is 0 Å². The normalized spacial score (nSPS) is 12.1. The molecule has 1 rings (SSSR count). The Balaban J connectivity index is 3.04. The van der Waals surface area contributed by atoms with Gasteiger partial charge in [0.15, 0.2) is 0 Å². The molecule has 0 saturated carbocycles. The summed E-state index contributed by atoms with van der Waals surface area (Å²) in [6.07, 6.45) is 2.75. The van der Waals surface area contributed by atoms with Gasteiger partial charge in [0, 0.05) is 24.3 Å². The molecule has 0 radical (unpaired) electrons. The van der Waals surface area contributed by atoms with Crippen molar-refractivity contribution in [1.29, 1.82) is 0 Å². The van der Waals surface area contributed by atoms with Gasteiger partial charge in [-0.1, -0.05) is 20.3 Å². The van der Waals surface area contributed by atoms with Crippen molar-refractivity contribution in [3.05, 3.63) is 23.4 Å². The van der Waals surface area contributed by atoms with Gasteiger partial charge in [0.1, 0.15) is 5.82 Å². The lowest BCUT2D eigenvalue weighted by Gasteiger charge is -2.24. The first kappa shape index (κ1) is 15.4. The maximum atomic E-state index is 12.4. The van der Waals surface area contributed by atoms with Crippen molar-refractivity contribution in [3.63, 3.8) is 0 Å². The van der Waals surface area contributed by atoms with Crippen LogP contribution in [0.15, 0.2) is 12.1 Å². The van der Waals surface area contributed by atoms with Gasteiger partial charge in [0.2, 0.25) is 0 Å². The number of aryl methyl sites for hydroxylation is 1. The summed E-state index contributed by atoms with van der Waals surface area (Å²) >= 11 is 0. The molecule has 0 aliphatic rings. The molecule has 0 bridgehead atoms. The minimum absolute atomic E-state index is 0.00519. The molecule has 19 heavy (non-hydrogen) atoms. The van der Waals surface area contributed by atoms with Crippen molar-refractivity contribution >= 4 is 11.7 Å². The number of carbonyl (C=O) groups is 1. The number of amides is 1.